The molecule has 0 saturated heterocycles. The summed E-state index contributed by atoms with van der Waals surface area (Å²) in [6.45, 7) is 7.03. The first-order valence-electron chi connectivity index (χ1n) is 9.18. The monoisotopic (exact) mass is 339 g/mol. The molecule has 1 amide bonds. The Bertz CT molecular complexity index is 635. The summed E-state index contributed by atoms with van der Waals surface area (Å²) in [5.41, 5.74) is 2.67. The van der Waals surface area contributed by atoms with E-state index in [4.69, 9.17) is 4.74 Å². The van der Waals surface area contributed by atoms with Gasteiger partial charge in [0.2, 0.25) is 0 Å². The van der Waals surface area contributed by atoms with Crippen molar-refractivity contribution in [2.45, 2.75) is 52.1 Å². The van der Waals surface area contributed by atoms with Crippen molar-refractivity contribution in [2.75, 3.05) is 6.54 Å². The van der Waals surface area contributed by atoms with Crippen molar-refractivity contribution in [1.82, 2.24) is 5.32 Å². The fourth-order valence-corrected chi connectivity index (χ4v) is 2.67. The van der Waals surface area contributed by atoms with Crippen LogP contribution in [0.25, 0.3) is 0 Å². The Hall–Kier alpha value is -2.29. The smallest absolute Gasteiger partial charge is 0.261 e. The molecule has 0 aliphatic carbocycles. The van der Waals surface area contributed by atoms with Gasteiger partial charge in [-0.15, -0.1) is 0 Å². The molecule has 0 spiro atoms. The number of rotatable bonds is 9. The van der Waals surface area contributed by atoms with Gasteiger partial charge < -0.3 is 10.1 Å². The SMILES string of the molecule is CC[C@@H](Oc1ccccc1)C(=O)NCCCc1ccc(C(C)C)cc1. The van der Waals surface area contributed by atoms with Crippen LogP contribution in [0.3, 0.4) is 0 Å². The number of nitrogens with one attached hydrogen (secondary N) is 1. The van der Waals surface area contributed by atoms with E-state index in [2.05, 4.69) is 43.4 Å². The van der Waals surface area contributed by atoms with Crippen LogP contribution >= 0.6 is 0 Å². The maximum Gasteiger partial charge on any atom is 0.261 e. The Morgan fingerprint density at radius 2 is 1.72 bits per heavy atom. The van der Waals surface area contributed by atoms with Gasteiger partial charge in [0, 0.05) is 6.54 Å². The molecule has 134 valence electrons. The van der Waals surface area contributed by atoms with Crippen molar-refractivity contribution >= 4 is 5.91 Å². The van der Waals surface area contributed by atoms with Gasteiger partial charge in [0.15, 0.2) is 6.10 Å². The maximum atomic E-state index is 12.3. The van der Waals surface area contributed by atoms with Gasteiger partial charge in [-0.1, -0.05) is 63.2 Å². The van der Waals surface area contributed by atoms with Crippen LogP contribution in [0.5, 0.6) is 5.75 Å². The van der Waals surface area contributed by atoms with Crippen molar-refractivity contribution in [3.63, 3.8) is 0 Å². The third kappa shape index (κ3) is 6.26. The standard InChI is InChI=1S/C22H29NO2/c1-4-21(25-20-10-6-5-7-11-20)22(24)23-16-8-9-18-12-14-19(15-13-18)17(2)3/h5-7,10-15,17,21H,4,8-9,16H2,1-3H3,(H,23,24)/t21-/m1/s1. The molecule has 3 heteroatoms. The van der Waals surface area contributed by atoms with E-state index in [1.54, 1.807) is 0 Å². The molecule has 2 aromatic rings. The second-order valence-electron chi connectivity index (χ2n) is 6.62. The van der Waals surface area contributed by atoms with E-state index in [-0.39, 0.29) is 5.91 Å². The second-order valence-corrected chi connectivity index (χ2v) is 6.62. The number of hydrogen-bond donors (Lipinski definition) is 1. The average Bonchev–Trinajstić information content (AvgIpc) is 2.64. The molecular weight excluding hydrogens is 310 g/mol. The van der Waals surface area contributed by atoms with Crippen LogP contribution in [-0.2, 0) is 11.2 Å². The van der Waals surface area contributed by atoms with Gasteiger partial charge in [-0.3, -0.25) is 4.79 Å². The molecule has 0 aromatic heterocycles. The largest absolute Gasteiger partial charge is 0.481 e. The van der Waals surface area contributed by atoms with E-state index in [1.165, 1.54) is 11.1 Å². The Morgan fingerprint density at radius 3 is 2.32 bits per heavy atom. The van der Waals surface area contributed by atoms with Gasteiger partial charge in [-0.2, -0.15) is 0 Å². The first kappa shape index (κ1) is 19.0. The lowest BCUT2D eigenvalue weighted by Gasteiger charge is -2.17. The van der Waals surface area contributed by atoms with E-state index in [0.29, 0.717) is 18.9 Å². The van der Waals surface area contributed by atoms with Gasteiger partial charge in [-0.05, 0) is 48.4 Å². The second kappa shape index (κ2) is 9.87. The van der Waals surface area contributed by atoms with Gasteiger partial charge in [0.1, 0.15) is 5.75 Å². The van der Waals surface area contributed by atoms with E-state index < -0.39 is 6.10 Å². The Morgan fingerprint density at radius 1 is 1.04 bits per heavy atom. The lowest BCUT2D eigenvalue weighted by Crippen LogP contribution is -2.38. The van der Waals surface area contributed by atoms with Crippen molar-refractivity contribution < 1.29 is 9.53 Å². The minimum absolute atomic E-state index is 0.0403. The molecule has 0 aliphatic rings. The number of amides is 1. The predicted molar refractivity (Wildman–Crippen MR) is 103 cm³/mol. The molecule has 2 rings (SSSR count). The third-order valence-electron chi connectivity index (χ3n) is 4.27. The van der Waals surface area contributed by atoms with Gasteiger partial charge in [0.25, 0.3) is 5.91 Å². The van der Waals surface area contributed by atoms with Crippen molar-refractivity contribution in [3.05, 3.63) is 65.7 Å². The molecule has 1 atom stereocenters. The quantitative estimate of drug-likeness (QED) is 0.672. The summed E-state index contributed by atoms with van der Waals surface area (Å²) >= 11 is 0. The zero-order valence-corrected chi connectivity index (χ0v) is 15.5. The molecule has 3 nitrogen and oxygen atoms in total. The third-order valence-corrected chi connectivity index (χ3v) is 4.27. The highest BCUT2D eigenvalue weighted by Gasteiger charge is 2.17. The van der Waals surface area contributed by atoms with Crippen LogP contribution in [0, 0.1) is 0 Å². The van der Waals surface area contributed by atoms with Crippen molar-refractivity contribution in [2.24, 2.45) is 0 Å². The highest BCUT2D eigenvalue weighted by atomic mass is 16.5. The summed E-state index contributed by atoms with van der Waals surface area (Å²) in [6.07, 6.45) is 2.11. The highest BCUT2D eigenvalue weighted by Crippen LogP contribution is 2.15. The number of ether oxygens (including phenoxy) is 1. The maximum absolute atomic E-state index is 12.3. The Kier molecular flexibility index (Phi) is 7.52. The summed E-state index contributed by atoms with van der Waals surface area (Å²) in [4.78, 5) is 12.3. The normalized spacial score (nSPS) is 12.0. The Balaban J connectivity index is 1.73. The van der Waals surface area contributed by atoms with Crippen LogP contribution < -0.4 is 10.1 Å². The summed E-state index contributed by atoms with van der Waals surface area (Å²) in [5.74, 6) is 1.25. The first-order valence-corrected chi connectivity index (χ1v) is 9.18. The van der Waals surface area contributed by atoms with Crippen LogP contribution in [0.15, 0.2) is 54.6 Å². The summed E-state index contributed by atoms with van der Waals surface area (Å²) in [7, 11) is 0. The molecule has 25 heavy (non-hydrogen) atoms. The van der Waals surface area contributed by atoms with E-state index >= 15 is 0 Å². The predicted octanol–water partition coefficient (Wildman–Crippen LogP) is 4.72. The molecule has 0 saturated carbocycles. The van der Waals surface area contributed by atoms with Crippen LogP contribution in [0.2, 0.25) is 0 Å². The zero-order chi connectivity index (χ0) is 18.1. The van der Waals surface area contributed by atoms with Gasteiger partial charge >= 0.3 is 0 Å². The Labute approximate surface area is 151 Å². The highest BCUT2D eigenvalue weighted by molar-refractivity contribution is 5.81. The minimum Gasteiger partial charge on any atom is -0.481 e. The topological polar surface area (TPSA) is 38.3 Å². The molecule has 1 N–H and O–H groups in total. The molecule has 0 aliphatic heterocycles. The first-order chi connectivity index (χ1) is 12.1. The minimum atomic E-state index is -0.437. The number of carbonyl (C=O) groups excluding carboxylic acids is 1. The lowest BCUT2D eigenvalue weighted by molar-refractivity contribution is -0.128. The van der Waals surface area contributed by atoms with Gasteiger partial charge in [-0.25, -0.2) is 0 Å². The van der Waals surface area contributed by atoms with Crippen molar-refractivity contribution in [1.29, 1.82) is 0 Å². The number of hydrogen-bond acceptors (Lipinski definition) is 2. The zero-order valence-electron chi connectivity index (χ0n) is 15.5. The molecule has 0 radical (unpaired) electrons. The lowest BCUT2D eigenvalue weighted by atomic mass is 10.0. The molecule has 0 bridgehead atoms. The van der Waals surface area contributed by atoms with Gasteiger partial charge in [0.05, 0.1) is 0 Å². The van der Waals surface area contributed by atoms with E-state index in [1.807, 2.05) is 37.3 Å². The molecule has 0 heterocycles. The molecular formula is C22H29NO2. The summed E-state index contributed by atoms with van der Waals surface area (Å²) < 4.78 is 5.76. The molecule has 0 unspecified atom stereocenters. The van der Waals surface area contributed by atoms with E-state index in [0.717, 1.165) is 18.6 Å². The molecule has 0 fully saturated rings. The summed E-state index contributed by atoms with van der Waals surface area (Å²) in [6, 6.07) is 18.2. The molecule has 2 aromatic carbocycles. The fourth-order valence-electron chi connectivity index (χ4n) is 2.67. The van der Waals surface area contributed by atoms with E-state index in [9.17, 15) is 4.79 Å². The fraction of sp³-hybridized carbons (Fsp3) is 0.409. The number of benzene rings is 2. The summed E-state index contributed by atoms with van der Waals surface area (Å²) in [5, 5.41) is 2.99. The van der Waals surface area contributed by atoms with Crippen LogP contribution in [0.4, 0.5) is 0 Å². The van der Waals surface area contributed by atoms with Crippen molar-refractivity contribution in [3.8, 4) is 5.75 Å². The number of para-hydroxylation sites is 1. The average molecular weight is 339 g/mol. The van der Waals surface area contributed by atoms with Crippen LogP contribution in [-0.4, -0.2) is 18.6 Å². The van der Waals surface area contributed by atoms with Crippen LogP contribution in [0.1, 0.15) is 50.7 Å². The number of carbonyl (C=O) groups is 1. The number of aryl methyl sites for hydroxylation is 1.